The molecule has 0 fully saturated rings. The number of pyridine rings is 2. The Hall–Kier alpha value is -2.00. The summed E-state index contributed by atoms with van der Waals surface area (Å²) >= 11 is 5.19. The molecule has 0 aliphatic heterocycles. The van der Waals surface area contributed by atoms with Gasteiger partial charge in [-0.3, -0.25) is 4.98 Å². The fourth-order valence-electron chi connectivity index (χ4n) is 1.94. The van der Waals surface area contributed by atoms with Gasteiger partial charge in [-0.2, -0.15) is 0 Å². The summed E-state index contributed by atoms with van der Waals surface area (Å²) in [6, 6.07) is 14.0. The van der Waals surface area contributed by atoms with Gasteiger partial charge in [-0.15, -0.1) is 0 Å². The second kappa shape index (κ2) is 4.11. The Balaban J connectivity index is 2.34. The quantitative estimate of drug-likeness (QED) is 0.650. The van der Waals surface area contributed by atoms with E-state index in [-0.39, 0.29) is 0 Å². The number of hydrogen-bond donors (Lipinski definition) is 1. The molecule has 82 valence electrons. The highest BCUT2D eigenvalue weighted by atomic mass is 32.1. The molecule has 3 heteroatoms. The minimum atomic E-state index is 0.833. The largest absolute Gasteiger partial charge is 0.361 e. The molecule has 0 saturated heterocycles. The molecule has 0 bridgehead atoms. The van der Waals surface area contributed by atoms with Gasteiger partial charge in [0.25, 0.3) is 0 Å². The molecule has 0 unspecified atom stereocenters. The van der Waals surface area contributed by atoms with Crippen LogP contribution in [0.1, 0.15) is 0 Å². The standard InChI is InChI=1S/C14H10N2S/c17-10-6-8-16-14(9-10)12-3-1-5-13-11(12)4-2-7-15-13/h1-9H,(H,16,17). The monoisotopic (exact) mass is 238 g/mol. The van der Waals surface area contributed by atoms with Crippen LogP contribution in [0.4, 0.5) is 0 Å². The average molecular weight is 238 g/mol. The van der Waals surface area contributed by atoms with Crippen molar-refractivity contribution in [3.63, 3.8) is 0 Å². The van der Waals surface area contributed by atoms with Crippen molar-refractivity contribution in [3.05, 3.63) is 59.4 Å². The molecule has 0 spiro atoms. The average Bonchev–Trinajstić information content (AvgIpc) is 2.38. The highest BCUT2D eigenvalue weighted by Crippen LogP contribution is 2.25. The summed E-state index contributed by atoms with van der Waals surface area (Å²) in [4.78, 5) is 7.57. The third kappa shape index (κ3) is 1.85. The van der Waals surface area contributed by atoms with Gasteiger partial charge >= 0.3 is 0 Å². The third-order valence-electron chi connectivity index (χ3n) is 2.71. The van der Waals surface area contributed by atoms with Gasteiger partial charge in [0, 0.05) is 33.5 Å². The Kier molecular flexibility index (Phi) is 2.46. The van der Waals surface area contributed by atoms with Crippen LogP contribution in [-0.4, -0.2) is 9.97 Å². The lowest BCUT2D eigenvalue weighted by atomic mass is 10.1. The van der Waals surface area contributed by atoms with Crippen molar-refractivity contribution in [1.29, 1.82) is 0 Å². The summed E-state index contributed by atoms with van der Waals surface area (Å²) < 4.78 is 0.833. The first-order valence-corrected chi connectivity index (χ1v) is 5.78. The molecule has 0 amide bonds. The van der Waals surface area contributed by atoms with E-state index in [0.717, 1.165) is 26.7 Å². The molecule has 1 aromatic carbocycles. The molecule has 2 aromatic heterocycles. The van der Waals surface area contributed by atoms with Crippen LogP contribution in [0.5, 0.6) is 0 Å². The Labute approximate surface area is 104 Å². The summed E-state index contributed by atoms with van der Waals surface area (Å²) in [5.74, 6) is 0. The molecule has 1 N–H and O–H groups in total. The SMILES string of the molecule is S=c1cc[nH]c(-c2cccc3ncccc23)c1. The summed E-state index contributed by atoms with van der Waals surface area (Å²) in [7, 11) is 0. The van der Waals surface area contributed by atoms with Crippen molar-refractivity contribution in [3.8, 4) is 11.3 Å². The molecule has 0 atom stereocenters. The van der Waals surface area contributed by atoms with E-state index in [4.69, 9.17) is 12.2 Å². The molecular weight excluding hydrogens is 228 g/mol. The second-order valence-corrected chi connectivity index (χ2v) is 4.29. The number of aromatic nitrogens is 2. The Morgan fingerprint density at radius 3 is 2.88 bits per heavy atom. The number of nitrogens with zero attached hydrogens (tertiary/aromatic N) is 1. The first kappa shape index (κ1) is 10.2. The lowest BCUT2D eigenvalue weighted by molar-refractivity contribution is 1.32. The number of benzene rings is 1. The topological polar surface area (TPSA) is 28.7 Å². The van der Waals surface area contributed by atoms with Crippen LogP contribution in [0.15, 0.2) is 54.9 Å². The van der Waals surface area contributed by atoms with Crippen LogP contribution in [0, 0.1) is 4.51 Å². The molecule has 2 nitrogen and oxygen atoms in total. The molecule has 0 saturated carbocycles. The van der Waals surface area contributed by atoms with E-state index in [9.17, 15) is 0 Å². The fraction of sp³-hybridized carbons (Fsp3) is 0. The highest BCUT2D eigenvalue weighted by Gasteiger charge is 2.03. The molecule has 0 aliphatic rings. The number of aromatic amines is 1. The summed E-state index contributed by atoms with van der Waals surface area (Å²) in [6.45, 7) is 0. The zero-order chi connectivity index (χ0) is 11.7. The number of rotatable bonds is 1. The van der Waals surface area contributed by atoms with Gasteiger partial charge in [-0.05, 0) is 24.3 Å². The maximum atomic E-state index is 5.19. The normalized spacial score (nSPS) is 10.6. The van der Waals surface area contributed by atoms with Crippen molar-refractivity contribution in [2.45, 2.75) is 0 Å². The predicted octanol–water partition coefficient (Wildman–Crippen LogP) is 3.96. The van der Waals surface area contributed by atoms with Crippen LogP contribution in [-0.2, 0) is 0 Å². The van der Waals surface area contributed by atoms with Crippen LogP contribution < -0.4 is 0 Å². The van der Waals surface area contributed by atoms with Gasteiger partial charge in [-0.1, -0.05) is 30.4 Å². The van der Waals surface area contributed by atoms with E-state index in [1.807, 2.05) is 36.5 Å². The number of H-pyrrole nitrogens is 1. The molecule has 17 heavy (non-hydrogen) atoms. The van der Waals surface area contributed by atoms with E-state index in [1.54, 1.807) is 6.20 Å². The van der Waals surface area contributed by atoms with Crippen molar-refractivity contribution < 1.29 is 0 Å². The second-order valence-electron chi connectivity index (χ2n) is 3.81. The molecule has 3 rings (SSSR count). The molecule has 2 heterocycles. The first-order chi connectivity index (χ1) is 8.34. The summed E-state index contributed by atoms with van der Waals surface area (Å²) in [6.07, 6.45) is 3.67. The Morgan fingerprint density at radius 1 is 1.06 bits per heavy atom. The minimum Gasteiger partial charge on any atom is -0.361 e. The van der Waals surface area contributed by atoms with Crippen LogP contribution in [0.25, 0.3) is 22.2 Å². The van der Waals surface area contributed by atoms with E-state index in [0.29, 0.717) is 0 Å². The minimum absolute atomic E-state index is 0.833. The number of hydrogen-bond acceptors (Lipinski definition) is 2. The van der Waals surface area contributed by atoms with Crippen molar-refractivity contribution in [2.75, 3.05) is 0 Å². The van der Waals surface area contributed by atoms with Crippen molar-refractivity contribution >= 4 is 23.1 Å². The lowest BCUT2D eigenvalue weighted by Gasteiger charge is -2.05. The van der Waals surface area contributed by atoms with E-state index < -0.39 is 0 Å². The summed E-state index contributed by atoms with van der Waals surface area (Å²) in [5, 5.41) is 1.13. The van der Waals surface area contributed by atoms with Gasteiger partial charge in [0.05, 0.1) is 5.52 Å². The Morgan fingerprint density at radius 2 is 2.00 bits per heavy atom. The maximum absolute atomic E-state index is 5.19. The molecule has 0 aliphatic carbocycles. The molecule has 0 radical (unpaired) electrons. The van der Waals surface area contributed by atoms with Crippen LogP contribution >= 0.6 is 12.2 Å². The smallest absolute Gasteiger partial charge is 0.0708 e. The summed E-state index contributed by atoms with van der Waals surface area (Å²) in [5.41, 5.74) is 3.14. The lowest BCUT2D eigenvalue weighted by Crippen LogP contribution is -1.86. The van der Waals surface area contributed by atoms with Gasteiger partial charge in [-0.25, -0.2) is 0 Å². The van der Waals surface area contributed by atoms with E-state index >= 15 is 0 Å². The zero-order valence-corrected chi connectivity index (χ0v) is 9.87. The fourth-order valence-corrected chi connectivity index (χ4v) is 2.13. The van der Waals surface area contributed by atoms with Crippen LogP contribution in [0.3, 0.4) is 0 Å². The van der Waals surface area contributed by atoms with Crippen molar-refractivity contribution in [1.82, 2.24) is 9.97 Å². The Bertz CT molecular complexity index is 726. The zero-order valence-electron chi connectivity index (χ0n) is 9.05. The third-order valence-corrected chi connectivity index (χ3v) is 2.96. The molecule has 3 aromatic rings. The first-order valence-electron chi connectivity index (χ1n) is 5.37. The van der Waals surface area contributed by atoms with Gasteiger partial charge in [0.1, 0.15) is 0 Å². The van der Waals surface area contributed by atoms with E-state index in [1.165, 1.54) is 0 Å². The van der Waals surface area contributed by atoms with Crippen molar-refractivity contribution in [2.24, 2.45) is 0 Å². The van der Waals surface area contributed by atoms with Gasteiger partial charge in [0.2, 0.25) is 0 Å². The maximum Gasteiger partial charge on any atom is 0.0708 e. The highest BCUT2D eigenvalue weighted by molar-refractivity contribution is 7.71. The van der Waals surface area contributed by atoms with Gasteiger partial charge < -0.3 is 4.98 Å². The van der Waals surface area contributed by atoms with E-state index in [2.05, 4.69) is 22.1 Å². The predicted molar refractivity (Wildman–Crippen MR) is 72.4 cm³/mol. The number of nitrogens with one attached hydrogen (secondary N) is 1. The number of fused-ring (bicyclic) bond motifs is 1. The molecular formula is C14H10N2S. The van der Waals surface area contributed by atoms with Crippen LogP contribution in [0.2, 0.25) is 0 Å². The van der Waals surface area contributed by atoms with Gasteiger partial charge in [0.15, 0.2) is 0 Å².